The molecule has 8 aromatic carbocycles. The topological polar surface area (TPSA) is 40.1 Å². The van der Waals surface area contributed by atoms with Crippen molar-refractivity contribution in [2.24, 2.45) is 0 Å². The fraction of sp³-hybridized carbons (Fsp3) is 0.156. The first-order chi connectivity index (χ1) is 38.8. The van der Waals surface area contributed by atoms with E-state index in [0.717, 1.165) is 67.5 Å². The molecule has 7 heteroatoms. The maximum absolute atomic E-state index is 9.50. The van der Waals surface area contributed by atoms with Crippen molar-refractivity contribution in [2.75, 3.05) is 18.0 Å². The van der Waals surface area contributed by atoms with Crippen LogP contribution >= 0.6 is 0 Å². The van der Waals surface area contributed by atoms with Crippen molar-refractivity contribution >= 4 is 38.5 Å². The number of rotatable bonds is 8. The molecule has 71 heavy (non-hydrogen) atoms. The average Bonchev–Trinajstić information content (AvgIpc) is 3.64. The zero-order valence-corrected chi connectivity index (χ0v) is 41.7. The van der Waals surface area contributed by atoms with Crippen molar-refractivity contribution in [1.29, 1.82) is 0 Å². The van der Waals surface area contributed by atoms with Gasteiger partial charge in [-0.3, -0.25) is 0 Å². The van der Waals surface area contributed by atoms with Crippen molar-refractivity contribution in [2.45, 2.75) is 52.4 Å². The van der Waals surface area contributed by atoms with Gasteiger partial charge in [0.05, 0.1) is 0 Å². The summed E-state index contributed by atoms with van der Waals surface area (Å²) in [4.78, 5) is 7.28. The molecule has 3 aromatic heterocycles. The fourth-order valence-electron chi connectivity index (χ4n) is 10.8. The van der Waals surface area contributed by atoms with Gasteiger partial charge >= 0.3 is 343 Å². The van der Waals surface area contributed by atoms with Crippen LogP contribution in [-0.4, -0.2) is 31.8 Å². The number of aromatic nitrogens is 4. The van der Waals surface area contributed by atoms with Crippen LogP contribution in [0.1, 0.15) is 63.2 Å². The number of aryl methyl sites for hydroxylation is 1. The minimum absolute atomic E-state index is 0.0318. The number of ether oxygens (including phenoxy) is 1. The zero-order valence-electron chi connectivity index (χ0n) is 49.5. The molecule has 0 bridgehead atoms. The van der Waals surface area contributed by atoms with Crippen molar-refractivity contribution < 1.29 is 37.8 Å². The molecule has 0 aliphatic carbocycles. The molecule has 0 saturated heterocycles. The minimum atomic E-state index is -0.538. The van der Waals surface area contributed by atoms with Gasteiger partial charge in [0, 0.05) is 11.8 Å². The number of hydrogen-bond acceptors (Lipinski definition) is 3. The molecule has 0 unspecified atom stereocenters. The summed E-state index contributed by atoms with van der Waals surface area (Å²) in [6.45, 7) is 10.0. The molecule has 2 aliphatic heterocycles. The van der Waals surface area contributed by atoms with E-state index in [-0.39, 0.29) is 16.5 Å². The van der Waals surface area contributed by atoms with Crippen LogP contribution < -0.4 is 9.64 Å². The first-order valence-electron chi connectivity index (χ1n) is 28.9. The SMILES string of the molecule is [2H]c1c([2H])c([2H])c(-c2c3c4c(c(-c5c([2H])c([2H])c([2H])c([2H])c5[2H])c2-n2[c](=[Pt])n(-c5[c-]c(Oc6[c-]c7c(cc6)c6ccccc6n7-c6cc(C)c(-c7ccc(C(C)(C)C)cc7)cn6)ccc5)c5ccccc52)CCN4CCC3)c([2H])c1[2H]. The Kier molecular flexibility index (Phi) is 8.17. The molecule has 0 atom stereocenters. The van der Waals surface area contributed by atoms with Gasteiger partial charge in [-0.05, 0) is 29.0 Å². The number of imidazole rings is 1. The molecule has 0 amide bonds. The van der Waals surface area contributed by atoms with E-state index in [4.69, 9.17) is 17.9 Å². The van der Waals surface area contributed by atoms with Gasteiger partial charge in [0.1, 0.15) is 0 Å². The van der Waals surface area contributed by atoms with E-state index in [1.807, 2.05) is 82.1 Å². The van der Waals surface area contributed by atoms with Crippen LogP contribution in [0, 0.1) is 22.9 Å². The van der Waals surface area contributed by atoms with E-state index < -0.39 is 60.4 Å². The Morgan fingerprint density at radius 1 is 0.620 bits per heavy atom. The Balaban J connectivity index is 0.989. The second-order valence-corrected chi connectivity index (χ2v) is 20.3. The van der Waals surface area contributed by atoms with Gasteiger partial charge in [0.25, 0.3) is 0 Å². The Labute approximate surface area is 439 Å². The number of pyridine rings is 1. The van der Waals surface area contributed by atoms with E-state index in [2.05, 4.69) is 111 Å². The van der Waals surface area contributed by atoms with Crippen molar-refractivity contribution in [1.82, 2.24) is 18.7 Å². The first-order valence-corrected chi connectivity index (χ1v) is 25.0. The third-order valence-corrected chi connectivity index (χ3v) is 15.1. The number of nitrogens with zero attached hydrogens (tertiary/aromatic N) is 5. The summed E-state index contributed by atoms with van der Waals surface area (Å²) in [5, 5.41) is 2.02. The van der Waals surface area contributed by atoms with E-state index in [0.29, 0.717) is 74.8 Å². The predicted octanol–water partition coefficient (Wildman–Crippen LogP) is 15.3. The Morgan fingerprint density at radius 3 is 1.99 bits per heavy atom. The number of anilines is 1. The number of benzene rings is 8. The molecule has 0 spiro atoms. The summed E-state index contributed by atoms with van der Waals surface area (Å²) in [5.74, 6) is 1.58. The van der Waals surface area contributed by atoms with E-state index in [1.54, 1.807) is 0 Å². The van der Waals surface area contributed by atoms with E-state index in [9.17, 15) is 5.48 Å². The molecule has 2 aliphatic rings. The fourth-order valence-corrected chi connectivity index (χ4v) is 11.9. The first kappa shape index (κ1) is 33.9. The van der Waals surface area contributed by atoms with E-state index in [1.165, 1.54) is 5.56 Å². The molecule has 5 heterocycles. The molecule has 13 rings (SSSR count). The van der Waals surface area contributed by atoms with Gasteiger partial charge in [0.15, 0.2) is 0 Å². The summed E-state index contributed by atoms with van der Waals surface area (Å²) in [6.07, 6.45) is 3.65. The molecular weight excluding hydrogens is 1050 g/mol. The van der Waals surface area contributed by atoms with Gasteiger partial charge in [-0.25, -0.2) is 0 Å². The van der Waals surface area contributed by atoms with Gasteiger partial charge in [-0.15, -0.1) is 0 Å². The number of para-hydroxylation sites is 3. The molecular formula is C64H51N5OPt-2. The van der Waals surface area contributed by atoms with Gasteiger partial charge in [-0.1, -0.05) is 57.2 Å². The molecule has 0 fully saturated rings. The molecule has 350 valence electrons. The summed E-state index contributed by atoms with van der Waals surface area (Å²) >= 11 is 2.23. The zero-order chi connectivity index (χ0) is 56.7. The van der Waals surface area contributed by atoms with Crippen LogP contribution in [-0.2, 0) is 37.6 Å². The van der Waals surface area contributed by atoms with Gasteiger partial charge in [-0.2, -0.15) is 0 Å². The third-order valence-electron chi connectivity index (χ3n) is 14.0. The van der Waals surface area contributed by atoms with Crippen LogP contribution in [0.5, 0.6) is 11.5 Å². The second-order valence-electron chi connectivity index (χ2n) is 19.3. The quantitative estimate of drug-likeness (QED) is 0.142. The Hall–Kier alpha value is -7.53. The second kappa shape index (κ2) is 17.1. The molecule has 0 radical (unpaired) electrons. The van der Waals surface area contributed by atoms with Crippen LogP contribution in [0.15, 0.2) is 176 Å². The summed E-state index contributed by atoms with van der Waals surface area (Å²) in [7, 11) is 0. The molecule has 6 nitrogen and oxygen atoms in total. The summed E-state index contributed by atoms with van der Waals surface area (Å²) in [6, 6.07) is 38.7. The summed E-state index contributed by atoms with van der Waals surface area (Å²) < 4.78 is 104. The van der Waals surface area contributed by atoms with Gasteiger partial charge in [0.2, 0.25) is 0 Å². The molecule has 0 N–H and O–H groups in total. The summed E-state index contributed by atoms with van der Waals surface area (Å²) in [5.41, 5.74) is 11.6. The van der Waals surface area contributed by atoms with E-state index >= 15 is 0 Å². The normalized spacial score (nSPS) is 15.4. The number of fused-ring (bicyclic) bond motifs is 4. The Morgan fingerprint density at radius 2 is 1.28 bits per heavy atom. The van der Waals surface area contributed by atoms with Crippen LogP contribution in [0.4, 0.5) is 5.69 Å². The maximum atomic E-state index is 9.50. The monoisotopic (exact) mass is 1110 g/mol. The van der Waals surface area contributed by atoms with Crippen molar-refractivity contribution in [3.8, 4) is 62.1 Å². The standard InChI is InChI=1S/C64H51N5O.Pt/c1-42-37-59(65-40-54(42)43-28-30-46(31-29-43)64(2,3)4)69-55-25-12-11-23-50(55)51-33-32-49(39-58(51)69)70-48-22-15-21-47(38-48)67-41-68(57-27-14-13-26-56(57)67)63-60(44-17-7-5-8-18-44)52-24-16-35-66-36-34-53(62(52)66)61(63)45-19-9-6-10-20-45;/h5-15,17-23,25-33,37,40H,16,24,34-36H2,1-4H3;/q-2;/i5D,6D,7D,8D,9D,10D,17D,18D,19D,20D;. The molecule has 0 saturated carbocycles. The van der Waals surface area contributed by atoms with Crippen LogP contribution in [0.3, 0.4) is 0 Å². The van der Waals surface area contributed by atoms with Crippen molar-refractivity contribution in [3.63, 3.8) is 0 Å². The van der Waals surface area contributed by atoms with Crippen LogP contribution in [0.25, 0.3) is 83.4 Å². The molecule has 11 aromatic rings. The van der Waals surface area contributed by atoms with Crippen molar-refractivity contribution in [3.05, 3.63) is 214 Å². The third kappa shape index (κ3) is 7.25. The van der Waals surface area contributed by atoms with Gasteiger partial charge < -0.3 is 0 Å². The van der Waals surface area contributed by atoms with Crippen LogP contribution in [0.2, 0.25) is 0 Å². The number of hydrogen-bond donors (Lipinski definition) is 0. The Bertz CT molecular complexity index is 4520. The predicted molar refractivity (Wildman–Crippen MR) is 286 cm³/mol. The average molecular weight is 1110 g/mol.